The number of anilines is 1. The van der Waals surface area contributed by atoms with Gasteiger partial charge in [-0.15, -0.1) is 0 Å². The van der Waals surface area contributed by atoms with Crippen molar-refractivity contribution in [1.29, 1.82) is 0 Å². The number of amides is 1. The quantitative estimate of drug-likeness (QED) is 0.889. The van der Waals surface area contributed by atoms with Gasteiger partial charge < -0.3 is 15.8 Å². The topological polar surface area (TPSA) is 77.2 Å². The minimum absolute atomic E-state index is 0.166. The molecule has 1 amide bonds. The smallest absolute Gasteiger partial charge is 0.255 e. The molecule has 102 valence electrons. The molecule has 0 saturated heterocycles. The maximum absolute atomic E-state index is 12.2. The van der Waals surface area contributed by atoms with Crippen LogP contribution in [0.15, 0.2) is 36.5 Å². The van der Waals surface area contributed by atoms with E-state index in [1.165, 1.54) is 0 Å². The third kappa shape index (κ3) is 2.48. The lowest BCUT2D eigenvalue weighted by molar-refractivity contribution is 0.102. The van der Waals surface area contributed by atoms with Crippen LogP contribution in [0.2, 0.25) is 0 Å². The van der Waals surface area contributed by atoms with Crippen LogP contribution in [0, 0.1) is 0 Å². The summed E-state index contributed by atoms with van der Waals surface area (Å²) in [5.74, 6) is 0.735. The molecule has 0 spiro atoms. The zero-order chi connectivity index (χ0) is 13.9. The normalized spacial score (nSPS) is 12.7. The number of benzene rings is 1. The number of aromatic nitrogens is 1. The molecule has 20 heavy (non-hydrogen) atoms. The fraction of sp³-hybridized carbons (Fsp3) is 0.200. The Labute approximate surface area is 116 Å². The molecule has 0 atom stereocenters. The van der Waals surface area contributed by atoms with E-state index in [1.54, 1.807) is 18.3 Å². The van der Waals surface area contributed by atoms with Crippen LogP contribution in [-0.4, -0.2) is 17.5 Å². The third-order valence-electron chi connectivity index (χ3n) is 3.24. The second-order valence-electron chi connectivity index (χ2n) is 4.62. The molecule has 0 aliphatic carbocycles. The van der Waals surface area contributed by atoms with Crippen LogP contribution in [0.3, 0.4) is 0 Å². The van der Waals surface area contributed by atoms with Crippen molar-refractivity contribution < 1.29 is 9.53 Å². The van der Waals surface area contributed by atoms with E-state index in [0.29, 0.717) is 24.4 Å². The maximum Gasteiger partial charge on any atom is 0.255 e. The van der Waals surface area contributed by atoms with Crippen molar-refractivity contribution in [2.24, 2.45) is 5.73 Å². The van der Waals surface area contributed by atoms with Crippen molar-refractivity contribution in [2.45, 2.75) is 13.0 Å². The average molecular weight is 269 g/mol. The average Bonchev–Trinajstić information content (AvgIpc) is 2.95. The third-order valence-corrected chi connectivity index (χ3v) is 3.24. The Morgan fingerprint density at radius 1 is 1.35 bits per heavy atom. The first kappa shape index (κ1) is 12.6. The van der Waals surface area contributed by atoms with Crippen LogP contribution in [0.4, 0.5) is 5.69 Å². The molecule has 3 N–H and O–H groups in total. The largest absolute Gasteiger partial charge is 0.493 e. The second-order valence-corrected chi connectivity index (χ2v) is 4.62. The highest BCUT2D eigenvalue weighted by Gasteiger charge is 2.13. The van der Waals surface area contributed by atoms with E-state index in [0.717, 1.165) is 23.4 Å². The minimum Gasteiger partial charge on any atom is -0.493 e. The van der Waals surface area contributed by atoms with Crippen molar-refractivity contribution in [2.75, 3.05) is 11.9 Å². The summed E-state index contributed by atoms with van der Waals surface area (Å²) in [5.41, 5.74) is 8.67. The molecular formula is C15H15N3O2. The number of hydrogen-bond donors (Lipinski definition) is 2. The Hall–Kier alpha value is -2.40. The summed E-state index contributed by atoms with van der Waals surface area (Å²) >= 11 is 0. The van der Waals surface area contributed by atoms with Gasteiger partial charge in [0.25, 0.3) is 5.91 Å². The summed E-state index contributed by atoms with van der Waals surface area (Å²) in [6, 6.07) is 9.05. The van der Waals surface area contributed by atoms with Gasteiger partial charge in [-0.25, -0.2) is 0 Å². The number of nitrogens with zero attached hydrogens (tertiary/aromatic N) is 1. The lowest BCUT2D eigenvalue weighted by Crippen LogP contribution is -2.13. The SMILES string of the molecule is NCc1cc(C(=O)Nc2ccc3c(c2)CCO3)ccn1. The number of carbonyl (C=O) groups is 1. The van der Waals surface area contributed by atoms with Crippen molar-refractivity contribution in [1.82, 2.24) is 4.98 Å². The summed E-state index contributed by atoms with van der Waals surface area (Å²) in [7, 11) is 0. The molecular weight excluding hydrogens is 254 g/mol. The standard InChI is InChI=1S/C15H15N3O2/c16-9-13-8-11(3-5-17-13)15(19)18-12-1-2-14-10(7-12)4-6-20-14/h1-3,5,7-8H,4,6,9,16H2,(H,18,19). The number of ether oxygens (including phenoxy) is 1. The molecule has 1 aliphatic rings. The van der Waals surface area contributed by atoms with E-state index in [9.17, 15) is 4.79 Å². The predicted octanol–water partition coefficient (Wildman–Crippen LogP) is 1.73. The number of carbonyl (C=O) groups excluding carboxylic acids is 1. The van der Waals surface area contributed by atoms with Gasteiger partial charge in [0.2, 0.25) is 0 Å². The van der Waals surface area contributed by atoms with Crippen LogP contribution in [-0.2, 0) is 13.0 Å². The van der Waals surface area contributed by atoms with Gasteiger partial charge >= 0.3 is 0 Å². The number of hydrogen-bond acceptors (Lipinski definition) is 4. The lowest BCUT2D eigenvalue weighted by Gasteiger charge is -2.07. The fourth-order valence-electron chi connectivity index (χ4n) is 2.20. The number of pyridine rings is 1. The van der Waals surface area contributed by atoms with E-state index >= 15 is 0 Å². The first-order valence-corrected chi connectivity index (χ1v) is 6.48. The number of rotatable bonds is 3. The van der Waals surface area contributed by atoms with Gasteiger partial charge in [0.05, 0.1) is 12.3 Å². The predicted molar refractivity (Wildman–Crippen MR) is 75.7 cm³/mol. The highest BCUT2D eigenvalue weighted by molar-refractivity contribution is 6.04. The Morgan fingerprint density at radius 2 is 2.25 bits per heavy atom. The van der Waals surface area contributed by atoms with E-state index in [2.05, 4.69) is 10.3 Å². The molecule has 3 rings (SSSR count). The Balaban J connectivity index is 1.78. The van der Waals surface area contributed by atoms with Gasteiger partial charge in [-0.3, -0.25) is 9.78 Å². The molecule has 2 heterocycles. The molecule has 0 fully saturated rings. The maximum atomic E-state index is 12.2. The highest BCUT2D eigenvalue weighted by atomic mass is 16.5. The zero-order valence-electron chi connectivity index (χ0n) is 10.9. The summed E-state index contributed by atoms with van der Waals surface area (Å²) in [5, 5.41) is 2.88. The van der Waals surface area contributed by atoms with Gasteiger partial charge in [-0.2, -0.15) is 0 Å². The first-order valence-electron chi connectivity index (χ1n) is 6.48. The minimum atomic E-state index is -0.166. The Kier molecular flexibility index (Phi) is 3.35. The van der Waals surface area contributed by atoms with Crippen molar-refractivity contribution >= 4 is 11.6 Å². The van der Waals surface area contributed by atoms with E-state index in [4.69, 9.17) is 10.5 Å². The molecule has 2 aromatic rings. The summed E-state index contributed by atoms with van der Waals surface area (Å²) < 4.78 is 5.44. The molecule has 1 aliphatic heterocycles. The van der Waals surface area contributed by atoms with Crippen LogP contribution < -0.4 is 15.8 Å². The highest BCUT2D eigenvalue weighted by Crippen LogP contribution is 2.28. The van der Waals surface area contributed by atoms with Crippen LogP contribution in [0.25, 0.3) is 0 Å². The van der Waals surface area contributed by atoms with Gasteiger partial charge in [-0.1, -0.05) is 0 Å². The van der Waals surface area contributed by atoms with E-state index in [1.807, 2.05) is 18.2 Å². The zero-order valence-corrected chi connectivity index (χ0v) is 10.9. The molecule has 5 nitrogen and oxygen atoms in total. The van der Waals surface area contributed by atoms with Crippen molar-refractivity contribution in [3.05, 3.63) is 53.3 Å². The van der Waals surface area contributed by atoms with Crippen LogP contribution in [0.1, 0.15) is 21.6 Å². The van der Waals surface area contributed by atoms with Gasteiger partial charge in [0.15, 0.2) is 0 Å². The van der Waals surface area contributed by atoms with Gasteiger partial charge in [0.1, 0.15) is 5.75 Å². The monoisotopic (exact) mass is 269 g/mol. The Bertz CT molecular complexity index is 655. The molecule has 0 saturated carbocycles. The Morgan fingerprint density at radius 3 is 3.10 bits per heavy atom. The summed E-state index contributed by atoms with van der Waals surface area (Å²) in [6.45, 7) is 1.02. The number of nitrogens with two attached hydrogens (primary N) is 1. The molecule has 0 unspecified atom stereocenters. The fourth-order valence-corrected chi connectivity index (χ4v) is 2.20. The van der Waals surface area contributed by atoms with Gasteiger partial charge in [0, 0.05) is 30.4 Å². The van der Waals surface area contributed by atoms with E-state index < -0.39 is 0 Å². The van der Waals surface area contributed by atoms with E-state index in [-0.39, 0.29) is 5.91 Å². The van der Waals surface area contributed by atoms with Crippen molar-refractivity contribution in [3.8, 4) is 5.75 Å². The first-order chi connectivity index (χ1) is 9.76. The van der Waals surface area contributed by atoms with Gasteiger partial charge in [-0.05, 0) is 35.9 Å². The molecule has 0 radical (unpaired) electrons. The molecule has 1 aromatic carbocycles. The number of nitrogens with one attached hydrogen (secondary N) is 1. The van der Waals surface area contributed by atoms with Crippen LogP contribution in [0.5, 0.6) is 5.75 Å². The lowest BCUT2D eigenvalue weighted by atomic mass is 10.1. The van der Waals surface area contributed by atoms with Crippen LogP contribution >= 0.6 is 0 Å². The number of fused-ring (bicyclic) bond motifs is 1. The molecule has 1 aromatic heterocycles. The van der Waals surface area contributed by atoms with Crippen molar-refractivity contribution in [3.63, 3.8) is 0 Å². The summed E-state index contributed by atoms with van der Waals surface area (Å²) in [4.78, 5) is 16.2. The molecule has 0 bridgehead atoms. The summed E-state index contributed by atoms with van der Waals surface area (Å²) in [6.07, 6.45) is 2.47. The molecule has 5 heteroatoms. The second kappa shape index (κ2) is 5.30.